The minimum Gasteiger partial charge on any atom is -0.505 e. The molecule has 4 aromatic carbocycles. The summed E-state index contributed by atoms with van der Waals surface area (Å²) in [4.78, 5) is 10.2. The molecule has 0 saturated carbocycles. The number of rotatable bonds is 7. The Morgan fingerprint density at radius 1 is 0.714 bits per heavy atom. The number of aryl methyl sites for hydroxylation is 2. The zero-order chi connectivity index (χ0) is 31.2. The van der Waals surface area contributed by atoms with Gasteiger partial charge < -0.3 is 10.4 Å². The molecule has 42 heavy (non-hydrogen) atoms. The molecule has 0 bridgehead atoms. The number of hydrogen-bond acceptors (Lipinski definition) is 10. The second-order valence-corrected chi connectivity index (χ2v) is 13.2. The first-order valence-electron chi connectivity index (χ1n) is 11.5. The van der Waals surface area contributed by atoms with Crippen LogP contribution in [-0.2, 0) is 30.4 Å². The summed E-state index contributed by atoms with van der Waals surface area (Å²) in [7, 11) is -15.2. The third-order valence-electron chi connectivity index (χ3n) is 5.91. The number of amides is 1. The van der Waals surface area contributed by atoms with Crippen molar-refractivity contribution in [2.45, 2.75) is 28.5 Å². The summed E-state index contributed by atoms with van der Waals surface area (Å²) in [6, 6.07) is 12.3. The number of fused-ring (bicyclic) bond motifs is 1. The summed E-state index contributed by atoms with van der Waals surface area (Å²) < 4.78 is 102. The fourth-order valence-electron chi connectivity index (χ4n) is 4.06. The number of phenolic OH excluding ortho intramolecular Hbond substituents is 1. The van der Waals surface area contributed by atoms with Crippen LogP contribution >= 0.6 is 0 Å². The lowest BCUT2D eigenvalue weighted by atomic mass is 10.1. The van der Waals surface area contributed by atoms with E-state index in [0.29, 0.717) is 11.6 Å². The third kappa shape index (κ3) is 6.30. The Morgan fingerprint density at radius 2 is 1.31 bits per heavy atom. The molecule has 220 valence electrons. The molecule has 4 aromatic rings. The molecule has 0 heterocycles. The smallest absolute Gasteiger partial charge is 0.296 e. The molecule has 0 saturated heterocycles. The number of benzene rings is 4. The van der Waals surface area contributed by atoms with Crippen molar-refractivity contribution in [2.24, 2.45) is 10.2 Å². The molecule has 0 aliphatic heterocycles. The van der Waals surface area contributed by atoms with Gasteiger partial charge in [0.2, 0.25) is 0 Å². The first-order valence-corrected chi connectivity index (χ1v) is 15.9. The van der Waals surface area contributed by atoms with Gasteiger partial charge in [-0.15, -0.1) is 10.2 Å². The van der Waals surface area contributed by atoms with E-state index in [1.807, 2.05) is 0 Å². The van der Waals surface area contributed by atoms with E-state index in [1.165, 1.54) is 24.3 Å². The highest BCUT2D eigenvalue weighted by Crippen LogP contribution is 2.46. The Balaban J connectivity index is 2.05. The van der Waals surface area contributed by atoms with Crippen molar-refractivity contribution in [3.63, 3.8) is 0 Å². The molecule has 0 spiro atoms. The van der Waals surface area contributed by atoms with E-state index in [9.17, 15) is 48.8 Å². The molecule has 17 heteroatoms. The van der Waals surface area contributed by atoms with Crippen LogP contribution in [0.5, 0.6) is 5.75 Å². The molecule has 0 aliphatic rings. The number of carbonyl (C=O) groups is 1. The van der Waals surface area contributed by atoms with Crippen LogP contribution in [-0.4, -0.2) is 49.9 Å². The van der Waals surface area contributed by atoms with Crippen molar-refractivity contribution in [2.75, 3.05) is 5.32 Å². The lowest BCUT2D eigenvalue weighted by molar-refractivity contribution is 0.102. The Labute approximate surface area is 239 Å². The van der Waals surface area contributed by atoms with E-state index in [2.05, 4.69) is 15.5 Å². The van der Waals surface area contributed by atoms with Crippen LogP contribution < -0.4 is 5.32 Å². The van der Waals surface area contributed by atoms with Gasteiger partial charge in [-0.1, -0.05) is 23.8 Å². The van der Waals surface area contributed by atoms with Gasteiger partial charge in [0.25, 0.3) is 36.3 Å². The molecule has 0 aliphatic carbocycles. The average Bonchev–Trinajstić information content (AvgIpc) is 2.86. The molecule has 5 N–H and O–H groups in total. The van der Waals surface area contributed by atoms with Crippen LogP contribution in [0.25, 0.3) is 10.8 Å². The Hall–Kier alpha value is -4.26. The first kappa shape index (κ1) is 30.7. The minimum atomic E-state index is -5.29. The van der Waals surface area contributed by atoms with Crippen molar-refractivity contribution in [1.82, 2.24) is 0 Å². The number of nitrogens with one attached hydrogen (secondary N) is 1. The molecule has 14 nitrogen and oxygen atoms in total. The summed E-state index contributed by atoms with van der Waals surface area (Å²) in [6.07, 6.45) is 0. The molecule has 0 fully saturated rings. The van der Waals surface area contributed by atoms with Gasteiger partial charge in [-0.2, -0.15) is 25.3 Å². The monoisotopic (exact) mass is 635 g/mol. The van der Waals surface area contributed by atoms with Crippen molar-refractivity contribution >= 4 is 64.1 Å². The normalized spacial score (nSPS) is 12.6. The van der Waals surface area contributed by atoms with Crippen LogP contribution in [0.2, 0.25) is 0 Å². The summed E-state index contributed by atoms with van der Waals surface area (Å²) in [5.74, 6) is -1.83. The van der Waals surface area contributed by atoms with Gasteiger partial charge in [-0.25, -0.2) is 0 Å². The van der Waals surface area contributed by atoms with Gasteiger partial charge in [0.1, 0.15) is 26.1 Å². The predicted octanol–water partition coefficient (Wildman–Crippen LogP) is 4.57. The summed E-state index contributed by atoms with van der Waals surface area (Å²) in [5, 5.41) is 19.8. The van der Waals surface area contributed by atoms with Crippen LogP contribution in [0.4, 0.5) is 17.1 Å². The predicted molar refractivity (Wildman–Crippen MR) is 150 cm³/mol. The Kier molecular flexibility index (Phi) is 7.94. The summed E-state index contributed by atoms with van der Waals surface area (Å²) in [6.45, 7) is 3.28. The average molecular weight is 636 g/mol. The quantitative estimate of drug-likeness (QED) is 0.139. The maximum Gasteiger partial charge on any atom is 0.296 e. The highest BCUT2D eigenvalue weighted by Gasteiger charge is 2.28. The number of aromatic hydroxyl groups is 1. The van der Waals surface area contributed by atoms with Crippen molar-refractivity contribution in [3.05, 3.63) is 77.4 Å². The standard InChI is InChI=1S/C25H21N3O11S3/c1-13-4-3-5-15(10-13)25(30)26-17-7-9-19(40(31,32)33)16-12-21(42(37,38)39)23(24(29)22(16)17)28-27-18-11-14(2)6-8-20(18)41(34,35)36/h3-12,29H,1-2H3,(H,26,30)(H,31,32,33)(H,34,35,36)(H,37,38,39). The van der Waals surface area contributed by atoms with Crippen LogP contribution in [0.1, 0.15) is 21.5 Å². The topological polar surface area (TPSA) is 237 Å². The second-order valence-electron chi connectivity index (χ2n) is 9.03. The molecule has 0 radical (unpaired) electrons. The van der Waals surface area contributed by atoms with Crippen molar-refractivity contribution in [1.29, 1.82) is 0 Å². The highest BCUT2D eigenvalue weighted by atomic mass is 32.2. The molecule has 0 unspecified atom stereocenters. The Bertz CT molecular complexity index is 2140. The van der Waals surface area contributed by atoms with Gasteiger partial charge in [0, 0.05) is 10.9 Å². The van der Waals surface area contributed by atoms with Gasteiger partial charge in [0.15, 0.2) is 5.75 Å². The number of nitrogens with zero attached hydrogens (tertiary/aromatic N) is 2. The minimum absolute atomic E-state index is 0.174. The Morgan fingerprint density at radius 3 is 1.90 bits per heavy atom. The highest BCUT2D eigenvalue weighted by molar-refractivity contribution is 7.86. The van der Waals surface area contributed by atoms with Gasteiger partial charge in [-0.3, -0.25) is 18.5 Å². The van der Waals surface area contributed by atoms with Crippen LogP contribution in [0, 0.1) is 13.8 Å². The van der Waals surface area contributed by atoms with Gasteiger partial charge in [0.05, 0.1) is 11.1 Å². The lowest BCUT2D eigenvalue weighted by Gasteiger charge is -2.15. The largest absolute Gasteiger partial charge is 0.505 e. The number of anilines is 1. The van der Waals surface area contributed by atoms with E-state index in [1.54, 1.807) is 26.0 Å². The first-order chi connectivity index (χ1) is 19.4. The van der Waals surface area contributed by atoms with Crippen molar-refractivity contribution in [3.8, 4) is 5.75 Å². The molecule has 1 amide bonds. The van der Waals surface area contributed by atoms with E-state index in [4.69, 9.17) is 0 Å². The van der Waals surface area contributed by atoms with Crippen molar-refractivity contribution < 1.29 is 48.8 Å². The maximum atomic E-state index is 13.0. The van der Waals surface area contributed by atoms with Gasteiger partial charge >= 0.3 is 0 Å². The van der Waals surface area contributed by atoms with Gasteiger partial charge in [-0.05, 0) is 61.9 Å². The molecule has 0 aromatic heterocycles. The summed E-state index contributed by atoms with van der Waals surface area (Å²) in [5.41, 5.74) is -0.350. The molecular formula is C25H21N3O11S3. The van der Waals surface area contributed by atoms with E-state index < -0.39 is 78.8 Å². The van der Waals surface area contributed by atoms with E-state index in [0.717, 1.165) is 23.8 Å². The number of azo groups is 1. The zero-order valence-electron chi connectivity index (χ0n) is 21.5. The maximum absolute atomic E-state index is 13.0. The van der Waals surface area contributed by atoms with Crippen LogP contribution in [0.15, 0.2) is 85.6 Å². The zero-order valence-corrected chi connectivity index (χ0v) is 24.0. The fraction of sp³-hybridized carbons (Fsp3) is 0.0800. The number of phenols is 1. The molecule has 0 atom stereocenters. The number of carbonyl (C=O) groups excluding carboxylic acids is 1. The number of hydrogen-bond donors (Lipinski definition) is 5. The third-order valence-corrected chi connectivity index (χ3v) is 8.59. The molecular weight excluding hydrogens is 614 g/mol. The van der Waals surface area contributed by atoms with E-state index >= 15 is 0 Å². The lowest BCUT2D eigenvalue weighted by Crippen LogP contribution is -2.13. The fourth-order valence-corrected chi connectivity index (χ4v) is 6.00. The summed E-state index contributed by atoms with van der Waals surface area (Å²) >= 11 is 0. The van der Waals surface area contributed by atoms with E-state index in [-0.39, 0.29) is 11.3 Å². The second kappa shape index (κ2) is 10.9. The molecule has 4 rings (SSSR count). The SMILES string of the molecule is Cc1cccc(C(=O)Nc2ccc(S(=O)(=O)O)c3cc(S(=O)(=O)O)c(N=Nc4cc(C)ccc4S(=O)(=O)O)c(O)c23)c1. The van der Waals surface area contributed by atoms with Crippen LogP contribution in [0.3, 0.4) is 0 Å².